The van der Waals surface area contributed by atoms with Gasteiger partial charge >= 0.3 is 0 Å². The Bertz CT molecular complexity index is 906. The first kappa shape index (κ1) is 19.6. The summed E-state index contributed by atoms with van der Waals surface area (Å²) >= 11 is 13.1. The van der Waals surface area contributed by atoms with E-state index in [-0.39, 0.29) is 16.3 Å². The molecule has 0 aliphatic carbocycles. The van der Waals surface area contributed by atoms with Gasteiger partial charge in [-0.15, -0.1) is 11.3 Å². The second-order valence-corrected chi connectivity index (χ2v) is 9.66. The summed E-state index contributed by atoms with van der Waals surface area (Å²) in [6.45, 7) is 1.19. The third-order valence-corrected chi connectivity index (χ3v) is 7.79. The van der Waals surface area contributed by atoms with Crippen molar-refractivity contribution in [3.63, 3.8) is 0 Å². The zero-order valence-electron chi connectivity index (χ0n) is 13.9. The smallest absolute Gasteiger partial charge is 0.263 e. The lowest BCUT2D eigenvalue weighted by atomic mass is 10.2. The lowest BCUT2D eigenvalue weighted by molar-refractivity contribution is 0.0952. The van der Waals surface area contributed by atoms with Crippen molar-refractivity contribution in [1.29, 1.82) is 0 Å². The second kappa shape index (κ2) is 8.27. The van der Waals surface area contributed by atoms with Crippen molar-refractivity contribution < 1.29 is 13.2 Å². The average Bonchev–Trinajstić information content (AvgIpc) is 3.12. The van der Waals surface area contributed by atoms with Crippen LogP contribution in [-0.4, -0.2) is 31.7 Å². The Morgan fingerprint density at radius 3 is 2.58 bits per heavy atom. The topological polar surface area (TPSA) is 66.5 Å². The molecule has 0 atom stereocenters. The summed E-state index contributed by atoms with van der Waals surface area (Å²) in [6.07, 6.45) is 2.73. The maximum absolute atomic E-state index is 12.9. The van der Waals surface area contributed by atoms with Crippen LogP contribution in [0.2, 0.25) is 10.0 Å². The standard InChI is InChI=1S/C17H18Cl2N2O3S2/c18-13-5-4-12(14(19)10-13)11-20-17(22)16-15(6-9-25-16)26(23,24)21-7-2-1-3-8-21/h4-6,9-10H,1-3,7-8,11H2,(H,20,22). The van der Waals surface area contributed by atoms with Crippen molar-refractivity contribution in [2.75, 3.05) is 13.1 Å². The SMILES string of the molecule is O=C(NCc1ccc(Cl)cc1Cl)c1sccc1S(=O)(=O)N1CCCCC1. The van der Waals surface area contributed by atoms with Crippen molar-refractivity contribution in [1.82, 2.24) is 9.62 Å². The number of benzene rings is 1. The molecule has 1 aromatic heterocycles. The van der Waals surface area contributed by atoms with E-state index in [1.54, 1.807) is 23.6 Å². The molecule has 26 heavy (non-hydrogen) atoms. The maximum Gasteiger partial charge on any atom is 0.263 e. The van der Waals surface area contributed by atoms with E-state index in [0.29, 0.717) is 28.7 Å². The van der Waals surface area contributed by atoms with Crippen molar-refractivity contribution >= 4 is 50.5 Å². The minimum absolute atomic E-state index is 0.0732. The van der Waals surface area contributed by atoms with Crippen LogP contribution in [0.5, 0.6) is 0 Å². The average molecular weight is 433 g/mol. The molecule has 1 aliphatic rings. The van der Waals surface area contributed by atoms with Gasteiger partial charge in [0.25, 0.3) is 5.91 Å². The Morgan fingerprint density at radius 1 is 1.15 bits per heavy atom. The van der Waals surface area contributed by atoms with E-state index in [2.05, 4.69) is 5.32 Å². The Balaban J connectivity index is 1.76. The van der Waals surface area contributed by atoms with Crippen molar-refractivity contribution in [3.8, 4) is 0 Å². The summed E-state index contributed by atoms with van der Waals surface area (Å²) in [5.74, 6) is -0.429. The molecule has 3 rings (SSSR count). The third-order valence-electron chi connectivity index (χ3n) is 4.22. The Hall–Kier alpha value is -1.12. The predicted octanol–water partition coefficient (Wildman–Crippen LogP) is 4.16. The zero-order valence-corrected chi connectivity index (χ0v) is 17.0. The zero-order chi connectivity index (χ0) is 18.7. The number of nitrogens with one attached hydrogen (secondary N) is 1. The van der Waals surface area contributed by atoms with E-state index >= 15 is 0 Å². The highest BCUT2D eigenvalue weighted by atomic mass is 35.5. The first-order valence-electron chi connectivity index (χ1n) is 8.19. The highest BCUT2D eigenvalue weighted by Gasteiger charge is 2.30. The normalized spacial score (nSPS) is 15.8. The number of amides is 1. The molecule has 0 bridgehead atoms. The summed E-state index contributed by atoms with van der Waals surface area (Å²) in [7, 11) is -3.65. The van der Waals surface area contributed by atoms with E-state index in [4.69, 9.17) is 23.2 Å². The number of thiophene rings is 1. The van der Waals surface area contributed by atoms with Crippen LogP contribution in [0.15, 0.2) is 34.5 Å². The Labute approximate surface area is 167 Å². The molecule has 0 radical (unpaired) electrons. The number of piperidine rings is 1. The quantitative estimate of drug-likeness (QED) is 0.770. The molecule has 1 aliphatic heterocycles. The van der Waals surface area contributed by atoms with E-state index in [0.717, 1.165) is 30.6 Å². The molecule has 1 saturated heterocycles. The van der Waals surface area contributed by atoms with Crippen LogP contribution < -0.4 is 5.32 Å². The monoisotopic (exact) mass is 432 g/mol. The summed E-state index contributed by atoms with van der Waals surface area (Å²) < 4.78 is 27.2. The molecule has 5 nitrogen and oxygen atoms in total. The molecule has 1 N–H and O–H groups in total. The number of hydrogen-bond acceptors (Lipinski definition) is 4. The molecule has 1 amide bonds. The number of hydrogen-bond donors (Lipinski definition) is 1. The van der Waals surface area contributed by atoms with E-state index < -0.39 is 15.9 Å². The van der Waals surface area contributed by atoms with Crippen LogP contribution >= 0.6 is 34.5 Å². The van der Waals surface area contributed by atoms with Gasteiger partial charge in [0, 0.05) is 29.7 Å². The summed E-state index contributed by atoms with van der Waals surface area (Å²) in [5, 5.41) is 5.33. The molecule has 0 saturated carbocycles. The number of carbonyl (C=O) groups is 1. The lowest BCUT2D eigenvalue weighted by Gasteiger charge is -2.25. The fraction of sp³-hybridized carbons (Fsp3) is 0.353. The van der Waals surface area contributed by atoms with Gasteiger partial charge in [-0.1, -0.05) is 35.7 Å². The molecule has 140 valence electrons. The number of sulfonamides is 1. The molecule has 1 aromatic carbocycles. The molecule has 0 unspecified atom stereocenters. The molecule has 2 heterocycles. The van der Waals surface area contributed by atoms with Gasteiger partial charge in [-0.05, 0) is 42.0 Å². The highest BCUT2D eigenvalue weighted by molar-refractivity contribution is 7.89. The minimum Gasteiger partial charge on any atom is -0.347 e. The predicted molar refractivity (Wildman–Crippen MR) is 105 cm³/mol. The number of carbonyl (C=O) groups excluding carboxylic acids is 1. The molecular weight excluding hydrogens is 415 g/mol. The van der Waals surface area contributed by atoms with Gasteiger partial charge in [-0.25, -0.2) is 8.42 Å². The largest absolute Gasteiger partial charge is 0.347 e. The second-order valence-electron chi connectivity index (χ2n) is 6.00. The van der Waals surface area contributed by atoms with Gasteiger partial charge in [-0.2, -0.15) is 4.31 Å². The summed E-state index contributed by atoms with van der Waals surface area (Å²) in [4.78, 5) is 12.8. The minimum atomic E-state index is -3.65. The van der Waals surface area contributed by atoms with Gasteiger partial charge in [0.15, 0.2) is 0 Å². The molecule has 9 heteroatoms. The Kier molecular flexibility index (Phi) is 6.25. The van der Waals surface area contributed by atoms with Crippen molar-refractivity contribution in [2.45, 2.75) is 30.7 Å². The van der Waals surface area contributed by atoms with Gasteiger partial charge < -0.3 is 5.32 Å². The first-order valence-corrected chi connectivity index (χ1v) is 11.3. The van der Waals surface area contributed by atoms with Gasteiger partial charge in [0.1, 0.15) is 9.77 Å². The van der Waals surface area contributed by atoms with Crippen molar-refractivity contribution in [3.05, 3.63) is 50.1 Å². The molecule has 2 aromatic rings. The van der Waals surface area contributed by atoms with Crippen LogP contribution in [0.1, 0.15) is 34.5 Å². The Morgan fingerprint density at radius 2 is 1.88 bits per heavy atom. The maximum atomic E-state index is 12.9. The summed E-state index contributed by atoms with van der Waals surface area (Å²) in [5.41, 5.74) is 0.710. The van der Waals surface area contributed by atoms with Gasteiger partial charge in [0.2, 0.25) is 10.0 Å². The van der Waals surface area contributed by atoms with Crippen LogP contribution in [0.4, 0.5) is 0 Å². The highest BCUT2D eigenvalue weighted by Crippen LogP contribution is 2.27. The first-order chi connectivity index (χ1) is 12.4. The fourth-order valence-corrected chi connectivity index (χ4v) is 6.14. The van der Waals surface area contributed by atoms with E-state index in [1.807, 2.05) is 0 Å². The number of nitrogens with zero attached hydrogens (tertiary/aromatic N) is 1. The van der Waals surface area contributed by atoms with E-state index in [9.17, 15) is 13.2 Å². The number of rotatable bonds is 5. The lowest BCUT2D eigenvalue weighted by Crippen LogP contribution is -2.36. The number of halogens is 2. The summed E-state index contributed by atoms with van der Waals surface area (Å²) in [6, 6.07) is 6.51. The third kappa shape index (κ3) is 4.23. The van der Waals surface area contributed by atoms with Crippen LogP contribution in [-0.2, 0) is 16.6 Å². The van der Waals surface area contributed by atoms with Crippen LogP contribution in [0.3, 0.4) is 0 Å². The van der Waals surface area contributed by atoms with Gasteiger partial charge in [-0.3, -0.25) is 4.79 Å². The fourth-order valence-electron chi connectivity index (χ4n) is 2.83. The molecule has 1 fully saturated rings. The molecular formula is C17H18Cl2N2O3S2. The van der Waals surface area contributed by atoms with E-state index in [1.165, 1.54) is 10.4 Å². The van der Waals surface area contributed by atoms with Gasteiger partial charge in [0.05, 0.1) is 0 Å². The van der Waals surface area contributed by atoms with Crippen molar-refractivity contribution in [2.24, 2.45) is 0 Å². The molecule has 0 spiro atoms. The van der Waals surface area contributed by atoms with Crippen LogP contribution in [0, 0.1) is 0 Å². The van der Waals surface area contributed by atoms with Crippen LogP contribution in [0.25, 0.3) is 0 Å².